The Morgan fingerprint density at radius 1 is 1.23 bits per heavy atom. The van der Waals surface area contributed by atoms with Crippen LogP contribution in [0.5, 0.6) is 0 Å². The fourth-order valence-electron chi connectivity index (χ4n) is 3.71. The number of thioether (sulfide) groups is 2. The Morgan fingerprint density at radius 2 is 1.93 bits per heavy atom. The van der Waals surface area contributed by atoms with Crippen molar-refractivity contribution in [2.45, 2.75) is 33.1 Å². The van der Waals surface area contributed by atoms with E-state index in [0.717, 1.165) is 55.2 Å². The Labute approximate surface area is 191 Å². The number of rotatable bonds is 6. The zero-order chi connectivity index (χ0) is 21.8. The third-order valence-corrected chi connectivity index (χ3v) is 7.73. The summed E-state index contributed by atoms with van der Waals surface area (Å²) < 4.78 is 2.12. The van der Waals surface area contributed by atoms with Gasteiger partial charge in [-0.3, -0.25) is 19.1 Å². The van der Waals surface area contributed by atoms with Crippen LogP contribution in [0.4, 0.5) is 5.82 Å². The van der Waals surface area contributed by atoms with E-state index >= 15 is 0 Å². The summed E-state index contributed by atoms with van der Waals surface area (Å²) in [7, 11) is 1.70. The topological polar surface area (TPSA) is 69.3 Å². The first kappa shape index (κ1) is 22.9. The van der Waals surface area contributed by atoms with Crippen LogP contribution >= 0.6 is 35.7 Å². The highest BCUT2D eigenvalue weighted by Gasteiger charge is 2.32. The molecule has 0 spiro atoms. The second-order valence-electron chi connectivity index (χ2n) is 7.35. The minimum absolute atomic E-state index is 0.0898. The van der Waals surface area contributed by atoms with E-state index in [4.69, 9.17) is 12.2 Å². The fourth-order valence-corrected chi connectivity index (χ4v) is 5.91. The Hall–Kier alpha value is -1.76. The van der Waals surface area contributed by atoms with Gasteiger partial charge < -0.3 is 4.90 Å². The molecule has 3 heterocycles. The summed E-state index contributed by atoms with van der Waals surface area (Å²) in [5.74, 6) is 2.64. The van der Waals surface area contributed by atoms with E-state index in [1.807, 2.05) is 23.9 Å². The van der Waals surface area contributed by atoms with Gasteiger partial charge in [-0.2, -0.15) is 17.0 Å². The fraction of sp³-hybridized carbons (Fsp3) is 0.524. The van der Waals surface area contributed by atoms with E-state index in [2.05, 4.69) is 11.8 Å². The maximum absolute atomic E-state index is 13.0. The number of thiocarbonyl (C=S) groups is 1. The zero-order valence-corrected chi connectivity index (χ0v) is 20.0. The van der Waals surface area contributed by atoms with Crippen LogP contribution in [0.1, 0.15) is 42.9 Å². The molecule has 0 saturated carbocycles. The predicted molar refractivity (Wildman–Crippen MR) is 130 cm³/mol. The van der Waals surface area contributed by atoms with Crippen LogP contribution in [-0.4, -0.2) is 50.8 Å². The molecule has 0 N–H and O–H groups in total. The highest BCUT2D eigenvalue weighted by Crippen LogP contribution is 2.36. The van der Waals surface area contributed by atoms with Crippen molar-refractivity contribution in [3.05, 3.63) is 31.9 Å². The van der Waals surface area contributed by atoms with Crippen molar-refractivity contribution in [3.8, 4) is 6.07 Å². The number of pyridine rings is 1. The van der Waals surface area contributed by atoms with Gasteiger partial charge in [0, 0.05) is 43.8 Å². The first-order valence-corrected chi connectivity index (χ1v) is 12.5. The molecule has 2 aliphatic heterocycles. The van der Waals surface area contributed by atoms with Gasteiger partial charge >= 0.3 is 0 Å². The Morgan fingerprint density at radius 3 is 2.57 bits per heavy atom. The van der Waals surface area contributed by atoms with Crippen LogP contribution in [0, 0.1) is 18.3 Å². The smallest absolute Gasteiger partial charge is 0.270 e. The minimum Gasteiger partial charge on any atom is -0.356 e. The highest BCUT2D eigenvalue weighted by molar-refractivity contribution is 8.26. The first-order chi connectivity index (χ1) is 14.4. The second-order valence-corrected chi connectivity index (χ2v) is 10.3. The molecule has 9 heteroatoms. The van der Waals surface area contributed by atoms with Crippen molar-refractivity contribution in [1.29, 1.82) is 5.26 Å². The van der Waals surface area contributed by atoms with E-state index in [1.54, 1.807) is 23.4 Å². The number of nitrogens with zero attached hydrogens (tertiary/aromatic N) is 4. The van der Waals surface area contributed by atoms with E-state index in [9.17, 15) is 14.9 Å². The summed E-state index contributed by atoms with van der Waals surface area (Å²) in [5.41, 5.74) is 1.20. The molecule has 1 aromatic heterocycles. The number of hydrogen-bond acceptors (Lipinski definition) is 7. The third kappa shape index (κ3) is 4.46. The lowest BCUT2D eigenvalue weighted by Gasteiger charge is -2.32. The molecule has 1 aromatic rings. The molecule has 0 aliphatic carbocycles. The maximum atomic E-state index is 13.0. The van der Waals surface area contributed by atoms with Crippen molar-refractivity contribution >= 4 is 57.9 Å². The summed E-state index contributed by atoms with van der Waals surface area (Å²) in [5, 5.41) is 9.56. The van der Waals surface area contributed by atoms with E-state index in [1.165, 1.54) is 11.8 Å². The van der Waals surface area contributed by atoms with Gasteiger partial charge in [0.05, 0.1) is 4.91 Å². The first-order valence-electron chi connectivity index (χ1n) is 10.1. The molecular weight excluding hydrogens is 436 g/mol. The molecule has 0 atom stereocenters. The lowest BCUT2D eigenvalue weighted by Crippen LogP contribution is -2.38. The lowest BCUT2D eigenvalue weighted by atomic mass is 10.0. The van der Waals surface area contributed by atoms with Crippen LogP contribution in [0.25, 0.3) is 6.08 Å². The molecule has 2 aliphatic rings. The largest absolute Gasteiger partial charge is 0.356 e. The molecule has 30 heavy (non-hydrogen) atoms. The van der Waals surface area contributed by atoms with E-state index in [0.29, 0.717) is 21.3 Å². The van der Waals surface area contributed by atoms with Crippen molar-refractivity contribution in [3.63, 3.8) is 0 Å². The SMILES string of the molecule is CCCCCN1C(=O)/C(=C\c2c(C)c(C#N)c(=O)n(C)c2N2CCSCC2)SC1=S. The van der Waals surface area contributed by atoms with Crippen molar-refractivity contribution in [2.24, 2.45) is 7.05 Å². The van der Waals surface area contributed by atoms with Crippen LogP contribution in [0.2, 0.25) is 0 Å². The molecule has 0 aromatic carbocycles. The van der Waals surface area contributed by atoms with Gasteiger partial charge in [0.25, 0.3) is 11.5 Å². The third-order valence-electron chi connectivity index (χ3n) is 5.41. The minimum atomic E-state index is -0.299. The van der Waals surface area contributed by atoms with Crippen LogP contribution in [0.3, 0.4) is 0 Å². The summed E-state index contributed by atoms with van der Waals surface area (Å²) in [4.78, 5) is 30.2. The molecule has 3 rings (SSSR count). The number of amides is 1. The number of carbonyl (C=O) groups is 1. The molecule has 1 amide bonds. The number of nitriles is 1. The predicted octanol–water partition coefficient (Wildman–Crippen LogP) is 3.51. The van der Waals surface area contributed by atoms with Crippen molar-refractivity contribution < 1.29 is 4.79 Å². The number of anilines is 1. The highest BCUT2D eigenvalue weighted by atomic mass is 32.2. The maximum Gasteiger partial charge on any atom is 0.270 e. The van der Waals surface area contributed by atoms with Gasteiger partial charge in [-0.05, 0) is 25.0 Å². The standard InChI is InChI=1S/C21H26N4O2S3/c1-4-5-6-7-25-20(27)17(30-21(25)28)12-15-14(2)16(13-22)19(26)23(3)18(15)24-8-10-29-11-9-24/h12H,4-11H2,1-3H3/b17-12+. The average molecular weight is 463 g/mol. The molecule has 2 fully saturated rings. The molecule has 0 unspecified atom stereocenters. The van der Waals surface area contributed by atoms with Crippen LogP contribution in [-0.2, 0) is 11.8 Å². The van der Waals surface area contributed by atoms with Crippen molar-refractivity contribution in [1.82, 2.24) is 9.47 Å². The molecular formula is C21H26N4O2S3. The Kier molecular flexibility index (Phi) is 7.66. The van der Waals surface area contributed by atoms with Crippen molar-refractivity contribution in [2.75, 3.05) is 36.0 Å². The molecule has 160 valence electrons. The van der Waals surface area contributed by atoms with Gasteiger partial charge in [-0.25, -0.2) is 0 Å². The quantitative estimate of drug-likeness (QED) is 0.364. The van der Waals surface area contributed by atoms with Gasteiger partial charge in [-0.1, -0.05) is 43.7 Å². The normalized spacial score (nSPS) is 18.4. The van der Waals surface area contributed by atoms with E-state index in [-0.39, 0.29) is 17.0 Å². The molecule has 0 radical (unpaired) electrons. The number of aromatic nitrogens is 1. The summed E-state index contributed by atoms with van der Waals surface area (Å²) in [6.45, 7) is 6.18. The second kappa shape index (κ2) is 10.0. The molecule has 2 saturated heterocycles. The van der Waals surface area contributed by atoms with Crippen LogP contribution in [0.15, 0.2) is 9.70 Å². The van der Waals surface area contributed by atoms with E-state index < -0.39 is 0 Å². The number of unbranched alkanes of at least 4 members (excludes halogenated alkanes) is 2. The number of carbonyl (C=O) groups excluding carboxylic acids is 1. The summed E-state index contributed by atoms with van der Waals surface area (Å²) >= 11 is 8.64. The summed E-state index contributed by atoms with van der Waals surface area (Å²) in [6, 6.07) is 2.05. The Balaban J connectivity index is 2.07. The van der Waals surface area contributed by atoms with Gasteiger partial charge in [-0.15, -0.1) is 0 Å². The summed E-state index contributed by atoms with van der Waals surface area (Å²) in [6.07, 6.45) is 4.88. The zero-order valence-electron chi connectivity index (χ0n) is 17.6. The van der Waals surface area contributed by atoms with Gasteiger partial charge in [0.1, 0.15) is 21.8 Å². The number of hydrogen-bond donors (Lipinski definition) is 0. The Bertz CT molecular complexity index is 987. The van der Waals surface area contributed by atoms with Gasteiger partial charge in [0.15, 0.2) is 0 Å². The molecule has 0 bridgehead atoms. The van der Waals surface area contributed by atoms with Crippen LogP contribution < -0.4 is 10.5 Å². The average Bonchev–Trinajstić information content (AvgIpc) is 3.01. The lowest BCUT2D eigenvalue weighted by molar-refractivity contribution is -0.122. The monoisotopic (exact) mass is 462 g/mol. The van der Waals surface area contributed by atoms with Gasteiger partial charge in [0.2, 0.25) is 0 Å². The molecule has 6 nitrogen and oxygen atoms in total.